The number of nitrogens with zero attached hydrogens (tertiary/aromatic N) is 2. The van der Waals surface area contributed by atoms with E-state index in [0.717, 1.165) is 23.5 Å². The van der Waals surface area contributed by atoms with Crippen molar-refractivity contribution in [1.29, 1.82) is 0 Å². The Balaban J connectivity index is 1.67. The fraction of sp³-hybridized carbons (Fsp3) is 0.381. The minimum atomic E-state index is 0.0602. The van der Waals surface area contributed by atoms with E-state index in [4.69, 9.17) is 4.74 Å². The summed E-state index contributed by atoms with van der Waals surface area (Å²) < 4.78 is 5.18. The van der Waals surface area contributed by atoms with Crippen LogP contribution < -0.4 is 9.64 Å². The van der Waals surface area contributed by atoms with Crippen molar-refractivity contribution in [2.24, 2.45) is 0 Å². The zero-order valence-corrected chi connectivity index (χ0v) is 15.5. The number of urea groups is 1. The van der Waals surface area contributed by atoms with Crippen molar-refractivity contribution in [1.82, 2.24) is 4.90 Å². The monoisotopic (exact) mass is 338 g/mol. The molecule has 0 N–H and O–H groups in total. The molecule has 0 saturated carbocycles. The maximum absolute atomic E-state index is 12.7. The molecule has 1 heterocycles. The van der Waals surface area contributed by atoms with Crippen LogP contribution in [-0.2, 0) is 12.0 Å². The minimum absolute atomic E-state index is 0.0602. The summed E-state index contributed by atoms with van der Waals surface area (Å²) in [7, 11) is 1.64. The third-order valence-corrected chi connectivity index (χ3v) is 4.67. The summed E-state index contributed by atoms with van der Waals surface area (Å²) in [5.41, 5.74) is 3.53. The molecule has 25 heavy (non-hydrogen) atoms. The van der Waals surface area contributed by atoms with Gasteiger partial charge in [-0.05, 0) is 40.8 Å². The molecule has 4 nitrogen and oxygen atoms in total. The maximum atomic E-state index is 12.7. The van der Waals surface area contributed by atoms with Crippen molar-refractivity contribution in [3.05, 3.63) is 59.7 Å². The number of rotatable bonds is 4. The fourth-order valence-electron chi connectivity index (χ4n) is 3.06. The molecule has 0 unspecified atom stereocenters. The van der Waals surface area contributed by atoms with E-state index in [0.29, 0.717) is 13.1 Å². The van der Waals surface area contributed by atoms with E-state index in [-0.39, 0.29) is 11.4 Å². The predicted molar refractivity (Wildman–Crippen MR) is 101 cm³/mol. The third kappa shape index (κ3) is 3.78. The van der Waals surface area contributed by atoms with E-state index in [9.17, 15) is 4.79 Å². The highest BCUT2D eigenvalue weighted by atomic mass is 16.5. The van der Waals surface area contributed by atoms with Crippen molar-refractivity contribution in [2.75, 3.05) is 25.1 Å². The Kier molecular flexibility index (Phi) is 4.71. The van der Waals surface area contributed by atoms with Crippen molar-refractivity contribution < 1.29 is 9.53 Å². The van der Waals surface area contributed by atoms with Gasteiger partial charge in [-0.15, -0.1) is 0 Å². The number of hydrogen-bond donors (Lipinski definition) is 0. The van der Waals surface area contributed by atoms with Crippen LogP contribution in [0.15, 0.2) is 48.5 Å². The molecule has 0 aliphatic carbocycles. The smallest absolute Gasteiger partial charge is 0.324 e. The van der Waals surface area contributed by atoms with Gasteiger partial charge in [0, 0.05) is 25.3 Å². The van der Waals surface area contributed by atoms with Gasteiger partial charge in [0.25, 0.3) is 0 Å². The van der Waals surface area contributed by atoms with Gasteiger partial charge in [0.2, 0.25) is 0 Å². The molecule has 1 aliphatic rings. The molecule has 2 aromatic rings. The zero-order valence-electron chi connectivity index (χ0n) is 15.5. The second-order valence-corrected chi connectivity index (χ2v) is 7.50. The van der Waals surface area contributed by atoms with Gasteiger partial charge in [0.1, 0.15) is 5.75 Å². The minimum Gasteiger partial charge on any atom is -0.497 e. The number of methoxy groups -OCH3 is 1. The normalized spacial score (nSPS) is 15.0. The number of ether oxygens (including phenoxy) is 1. The van der Waals surface area contributed by atoms with Crippen LogP contribution in [0.4, 0.5) is 10.5 Å². The second kappa shape index (κ2) is 6.79. The largest absolute Gasteiger partial charge is 0.497 e. The van der Waals surface area contributed by atoms with E-state index >= 15 is 0 Å². The van der Waals surface area contributed by atoms with Gasteiger partial charge in [-0.3, -0.25) is 4.90 Å². The lowest BCUT2D eigenvalue weighted by Gasteiger charge is -2.21. The van der Waals surface area contributed by atoms with E-state index in [1.165, 1.54) is 5.56 Å². The van der Waals surface area contributed by atoms with E-state index in [1.807, 2.05) is 34.1 Å². The highest BCUT2D eigenvalue weighted by Crippen LogP contribution is 2.25. The third-order valence-electron chi connectivity index (χ3n) is 4.67. The topological polar surface area (TPSA) is 32.8 Å². The molecule has 1 aliphatic heterocycles. The van der Waals surface area contributed by atoms with Crippen LogP contribution in [0.3, 0.4) is 0 Å². The number of benzene rings is 2. The van der Waals surface area contributed by atoms with Crippen LogP contribution in [-0.4, -0.2) is 31.1 Å². The van der Waals surface area contributed by atoms with Crippen LogP contribution >= 0.6 is 0 Å². The van der Waals surface area contributed by atoms with Crippen molar-refractivity contribution in [3.63, 3.8) is 0 Å². The van der Waals surface area contributed by atoms with Crippen LogP contribution in [0.1, 0.15) is 31.9 Å². The van der Waals surface area contributed by atoms with Gasteiger partial charge in [0.05, 0.1) is 7.11 Å². The molecule has 1 fully saturated rings. The molecule has 0 radical (unpaired) electrons. The Morgan fingerprint density at radius 1 is 0.960 bits per heavy atom. The number of carbonyl (C=O) groups excluding carboxylic acids is 1. The lowest BCUT2D eigenvalue weighted by atomic mass is 9.87. The first-order chi connectivity index (χ1) is 11.9. The van der Waals surface area contributed by atoms with E-state index in [1.54, 1.807) is 7.11 Å². The lowest BCUT2D eigenvalue weighted by molar-refractivity contribution is 0.219. The molecular weight excluding hydrogens is 312 g/mol. The number of carbonyl (C=O) groups is 1. The van der Waals surface area contributed by atoms with Crippen LogP contribution in [0, 0.1) is 0 Å². The Morgan fingerprint density at radius 2 is 1.60 bits per heavy atom. The SMILES string of the molecule is COc1ccc(N2CCN(Cc3ccc(C(C)(C)C)cc3)C2=O)cc1. The Hall–Kier alpha value is -2.49. The molecule has 132 valence electrons. The van der Waals surface area contributed by atoms with Crippen LogP contribution in [0.5, 0.6) is 5.75 Å². The summed E-state index contributed by atoms with van der Waals surface area (Å²) in [6.45, 7) is 8.73. The summed E-state index contributed by atoms with van der Waals surface area (Å²) >= 11 is 0. The van der Waals surface area contributed by atoms with Gasteiger partial charge >= 0.3 is 6.03 Å². The summed E-state index contributed by atoms with van der Waals surface area (Å²) in [5.74, 6) is 0.797. The number of amides is 2. The van der Waals surface area contributed by atoms with Crippen LogP contribution in [0.25, 0.3) is 0 Å². The molecule has 2 amide bonds. The zero-order chi connectivity index (χ0) is 18.0. The molecule has 1 saturated heterocycles. The van der Waals surface area contributed by atoms with Crippen molar-refractivity contribution in [3.8, 4) is 5.75 Å². The molecular formula is C21H26N2O2. The summed E-state index contributed by atoms with van der Waals surface area (Å²) in [6.07, 6.45) is 0. The fourth-order valence-corrected chi connectivity index (χ4v) is 3.06. The molecule has 2 aromatic carbocycles. The van der Waals surface area contributed by atoms with Gasteiger partial charge < -0.3 is 9.64 Å². The molecule has 3 rings (SSSR count). The molecule has 0 atom stereocenters. The average molecular weight is 338 g/mol. The summed E-state index contributed by atoms with van der Waals surface area (Å²) in [4.78, 5) is 16.4. The second-order valence-electron chi connectivity index (χ2n) is 7.50. The number of anilines is 1. The first-order valence-electron chi connectivity index (χ1n) is 8.68. The van der Waals surface area contributed by atoms with E-state index < -0.39 is 0 Å². The quantitative estimate of drug-likeness (QED) is 0.826. The first-order valence-corrected chi connectivity index (χ1v) is 8.68. The van der Waals surface area contributed by atoms with E-state index in [2.05, 4.69) is 45.0 Å². The van der Waals surface area contributed by atoms with Crippen molar-refractivity contribution >= 4 is 11.7 Å². The van der Waals surface area contributed by atoms with Gasteiger partial charge in [0.15, 0.2) is 0 Å². The first kappa shape index (κ1) is 17.3. The highest BCUT2D eigenvalue weighted by molar-refractivity contribution is 5.94. The Bertz CT molecular complexity index is 730. The lowest BCUT2D eigenvalue weighted by Crippen LogP contribution is -2.31. The van der Waals surface area contributed by atoms with Crippen molar-refractivity contribution in [2.45, 2.75) is 32.7 Å². The molecule has 0 aromatic heterocycles. The molecule has 0 spiro atoms. The Labute approximate surface area is 150 Å². The average Bonchev–Trinajstić information content (AvgIpc) is 2.95. The van der Waals surface area contributed by atoms with Gasteiger partial charge in [-0.1, -0.05) is 45.0 Å². The predicted octanol–water partition coefficient (Wildman–Crippen LogP) is 4.43. The van der Waals surface area contributed by atoms with Gasteiger partial charge in [-0.2, -0.15) is 0 Å². The Morgan fingerprint density at radius 3 is 2.16 bits per heavy atom. The number of hydrogen-bond acceptors (Lipinski definition) is 2. The maximum Gasteiger partial charge on any atom is 0.324 e. The highest BCUT2D eigenvalue weighted by Gasteiger charge is 2.29. The summed E-state index contributed by atoms with van der Waals surface area (Å²) in [6, 6.07) is 16.3. The molecule has 4 heteroatoms. The van der Waals surface area contributed by atoms with Crippen LogP contribution in [0.2, 0.25) is 0 Å². The standard InChI is InChI=1S/C21H26N2O2/c1-21(2,3)17-7-5-16(6-8-17)15-22-13-14-23(20(22)24)18-9-11-19(25-4)12-10-18/h5-12H,13-15H2,1-4H3. The molecule has 0 bridgehead atoms. The summed E-state index contributed by atoms with van der Waals surface area (Å²) in [5, 5.41) is 0. The van der Waals surface area contributed by atoms with Gasteiger partial charge in [-0.25, -0.2) is 4.79 Å².